The van der Waals surface area contributed by atoms with Gasteiger partial charge in [0.1, 0.15) is 0 Å². The Morgan fingerprint density at radius 3 is 2.39 bits per heavy atom. The standard InChI is InChI=1S/C15H30N2O/c1-12-3-4-14(11-13(12)2)17-8-5-15(6-9-17)18-10-7-16/h12-15H,3-11,16H2,1-2H3. The Hall–Kier alpha value is -0.120. The van der Waals surface area contributed by atoms with Crippen LogP contribution in [0.3, 0.4) is 0 Å². The van der Waals surface area contributed by atoms with Crippen LogP contribution in [-0.4, -0.2) is 43.3 Å². The lowest BCUT2D eigenvalue weighted by Crippen LogP contribution is -2.46. The van der Waals surface area contributed by atoms with Crippen LogP contribution >= 0.6 is 0 Å². The van der Waals surface area contributed by atoms with E-state index in [0.717, 1.165) is 24.5 Å². The highest BCUT2D eigenvalue weighted by molar-refractivity contribution is 4.85. The molecule has 3 unspecified atom stereocenters. The summed E-state index contributed by atoms with van der Waals surface area (Å²) < 4.78 is 5.75. The van der Waals surface area contributed by atoms with Gasteiger partial charge in [-0.3, -0.25) is 0 Å². The predicted molar refractivity (Wildman–Crippen MR) is 75.6 cm³/mol. The molecule has 2 fully saturated rings. The van der Waals surface area contributed by atoms with Gasteiger partial charge in [0.05, 0.1) is 12.7 Å². The predicted octanol–water partition coefficient (Wildman–Crippen LogP) is 2.25. The van der Waals surface area contributed by atoms with E-state index in [9.17, 15) is 0 Å². The normalized spacial score (nSPS) is 35.8. The van der Waals surface area contributed by atoms with Gasteiger partial charge in [-0.1, -0.05) is 13.8 Å². The third kappa shape index (κ3) is 3.69. The van der Waals surface area contributed by atoms with Crippen molar-refractivity contribution >= 4 is 0 Å². The zero-order valence-electron chi connectivity index (χ0n) is 12.1. The van der Waals surface area contributed by atoms with Crippen molar-refractivity contribution < 1.29 is 4.74 Å². The molecule has 0 aromatic heterocycles. The molecule has 3 atom stereocenters. The van der Waals surface area contributed by atoms with Gasteiger partial charge in [0.25, 0.3) is 0 Å². The molecular formula is C15H30N2O. The Bertz CT molecular complexity index is 239. The molecule has 0 bridgehead atoms. The van der Waals surface area contributed by atoms with Gasteiger partial charge in [-0.25, -0.2) is 0 Å². The molecule has 0 amide bonds. The number of rotatable bonds is 4. The monoisotopic (exact) mass is 254 g/mol. The fourth-order valence-electron chi connectivity index (χ4n) is 3.49. The summed E-state index contributed by atoms with van der Waals surface area (Å²) in [4.78, 5) is 2.71. The quantitative estimate of drug-likeness (QED) is 0.836. The van der Waals surface area contributed by atoms with Crippen molar-refractivity contribution in [3.05, 3.63) is 0 Å². The van der Waals surface area contributed by atoms with Crippen LogP contribution in [0.4, 0.5) is 0 Å². The van der Waals surface area contributed by atoms with Crippen molar-refractivity contribution in [3.8, 4) is 0 Å². The number of hydrogen-bond acceptors (Lipinski definition) is 3. The highest BCUT2D eigenvalue weighted by atomic mass is 16.5. The minimum atomic E-state index is 0.463. The van der Waals surface area contributed by atoms with E-state index >= 15 is 0 Å². The van der Waals surface area contributed by atoms with Crippen molar-refractivity contribution in [1.29, 1.82) is 0 Å². The average molecular weight is 254 g/mol. The molecule has 1 saturated carbocycles. The summed E-state index contributed by atoms with van der Waals surface area (Å²) in [5, 5.41) is 0. The van der Waals surface area contributed by atoms with Crippen molar-refractivity contribution in [3.63, 3.8) is 0 Å². The lowest BCUT2D eigenvalue weighted by atomic mass is 9.78. The first kappa shape index (κ1) is 14.3. The van der Waals surface area contributed by atoms with E-state index in [1.807, 2.05) is 0 Å². The Labute approximate surface area is 112 Å². The van der Waals surface area contributed by atoms with Crippen LogP contribution in [0, 0.1) is 11.8 Å². The summed E-state index contributed by atoms with van der Waals surface area (Å²) in [5.74, 6) is 1.82. The van der Waals surface area contributed by atoms with E-state index in [1.54, 1.807) is 0 Å². The smallest absolute Gasteiger partial charge is 0.0600 e. The van der Waals surface area contributed by atoms with Crippen LogP contribution in [-0.2, 0) is 4.74 Å². The summed E-state index contributed by atoms with van der Waals surface area (Å²) >= 11 is 0. The Kier molecular flexibility index (Phi) is 5.46. The maximum absolute atomic E-state index is 5.75. The van der Waals surface area contributed by atoms with Crippen molar-refractivity contribution in [1.82, 2.24) is 4.90 Å². The molecule has 0 aromatic carbocycles. The molecule has 0 radical (unpaired) electrons. The van der Waals surface area contributed by atoms with Crippen LogP contribution in [0.25, 0.3) is 0 Å². The minimum Gasteiger partial charge on any atom is -0.377 e. The lowest BCUT2D eigenvalue weighted by Gasteiger charge is -2.42. The van der Waals surface area contributed by atoms with Crippen LogP contribution in [0.15, 0.2) is 0 Å². The van der Waals surface area contributed by atoms with Gasteiger partial charge in [-0.15, -0.1) is 0 Å². The van der Waals surface area contributed by atoms with E-state index in [-0.39, 0.29) is 0 Å². The molecule has 18 heavy (non-hydrogen) atoms. The van der Waals surface area contributed by atoms with Crippen LogP contribution in [0.1, 0.15) is 46.0 Å². The molecule has 2 aliphatic rings. The minimum absolute atomic E-state index is 0.463. The second-order valence-corrected chi connectivity index (χ2v) is 6.32. The Morgan fingerprint density at radius 1 is 1.06 bits per heavy atom. The zero-order valence-corrected chi connectivity index (χ0v) is 12.1. The van der Waals surface area contributed by atoms with Crippen LogP contribution < -0.4 is 5.73 Å². The van der Waals surface area contributed by atoms with Crippen molar-refractivity contribution in [2.45, 2.75) is 58.1 Å². The van der Waals surface area contributed by atoms with Gasteiger partial charge in [0, 0.05) is 25.7 Å². The van der Waals surface area contributed by atoms with E-state index in [1.165, 1.54) is 45.2 Å². The molecule has 1 aliphatic carbocycles. The number of hydrogen-bond donors (Lipinski definition) is 1. The third-order valence-corrected chi connectivity index (χ3v) is 5.03. The van der Waals surface area contributed by atoms with Crippen LogP contribution in [0.2, 0.25) is 0 Å². The number of ether oxygens (including phenoxy) is 1. The van der Waals surface area contributed by atoms with Crippen molar-refractivity contribution in [2.75, 3.05) is 26.2 Å². The Balaban J connectivity index is 1.72. The van der Waals surface area contributed by atoms with Gasteiger partial charge in [0.15, 0.2) is 0 Å². The molecule has 1 heterocycles. The number of nitrogens with zero attached hydrogens (tertiary/aromatic N) is 1. The highest BCUT2D eigenvalue weighted by Gasteiger charge is 2.30. The second kappa shape index (κ2) is 6.88. The molecule has 3 heteroatoms. The highest BCUT2D eigenvalue weighted by Crippen LogP contribution is 2.33. The molecular weight excluding hydrogens is 224 g/mol. The summed E-state index contributed by atoms with van der Waals surface area (Å²) in [6.07, 6.45) is 7.07. The van der Waals surface area contributed by atoms with Gasteiger partial charge in [-0.2, -0.15) is 0 Å². The van der Waals surface area contributed by atoms with E-state index in [0.29, 0.717) is 12.6 Å². The van der Waals surface area contributed by atoms with Gasteiger partial charge >= 0.3 is 0 Å². The van der Waals surface area contributed by atoms with E-state index in [2.05, 4.69) is 18.7 Å². The summed E-state index contributed by atoms with van der Waals surface area (Å²) in [7, 11) is 0. The van der Waals surface area contributed by atoms with Gasteiger partial charge in [-0.05, 0) is 43.9 Å². The van der Waals surface area contributed by atoms with Crippen LogP contribution in [0.5, 0.6) is 0 Å². The fraction of sp³-hybridized carbons (Fsp3) is 1.00. The molecule has 2 N–H and O–H groups in total. The Morgan fingerprint density at radius 2 is 1.78 bits per heavy atom. The molecule has 1 saturated heterocycles. The third-order valence-electron chi connectivity index (χ3n) is 5.03. The van der Waals surface area contributed by atoms with E-state index in [4.69, 9.17) is 10.5 Å². The first-order chi connectivity index (χ1) is 8.70. The van der Waals surface area contributed by atoms with Crippen molar-refractivity contribution in [2.24, 2.45) is 17.6 Å². The number of likely N-dealkylation sites (tertiary alicyclic amines) is 1. The molecule has 1 aliphatic heterocycles. The van der Waals surface area contributed by atoms with E-state index < -0.39 is 0 Å². The molecule has 3 nitrogen and oxygen atoms in total. The molecule has 0 spiro atoms. The first-order valence-corrected chi connectivity index (χ1v) is 7.76. The molecule has 0 aromatic rings. The fourth-order valence-corrected chi connectivity index (χ4v) is 3.49. The first-order valence-electron chi connectivity index (χ1n) is 7.76. The molecule has 2 rings (SSSR count). The van der Waals surface area contributed by atoms with Gasteiger partial charge in [0.2, 0.25) is 0 Å². The summed E-state index contributed by atoms with van der Waals surface area (Å²) in [6.45, 7) is 8.66. The average Bonchev–Trinajstić information content (AvgIpc) is 2.40. The number of nitrogens with two attached hydrogens (primary N) is 1. The SMILES string of the molecule is CC1CCC(N2CCC(OCCN)CC2)CC1C. The number of piperidine rings is 1. The zero-order chi connectivity index (χ0) is 13.0. The maximum Gasteiger partial charge on any atom is 0.0600 e. The maximum atomic E-state index is 5.75. The second-order valence-electron chi connectivity index (χ2n) is 6.32. The summed E-state index contributed by atoms with van der Waals surface area (Å²) in [6, 6.07) is 0.839. The largest absolute Gasteiger partial charge is 0.377 e. The van der Waals surface area contributed by atoms with Gasteiger partial charge < -0.3 is 15.4 Å². The topological polar surface area (TPSA) is 38.5 Å². The molecule has 106 valence electrons. The lowest BCUT2D eigenvalue weighted by molar-refractivity contribution is -0.00801. The summed E-state index contributed by atoms with van der Waals surface area (Å²) in [5.41, 5.74) is 5.48.